The van der Waals surface area contributed by atoms with Crippen LogP contribution in [0.1, 0.15) is 5.69 Å². The maximum atomic E-state index is 11.6. The number of nitrogens with one attached hydrogen (secondary N) is 1. The fraction of sp³-hybridized carbons (Fsp3) is 0.333. The van der Waals surface area contributed by atoms with Gasteiger partial charge in [-0.2, -0.15) is 0 Å². The van der Waals surface area contributed by atoms with Crippen LogP contribution in [0, 0.1) is 0 Å². The molecule has 2 heterocycles. The second kappa shape index (κ2) is 4.03. The van der Waals surface area contributed by atoms with Crippen molar-refractivity contribution < 1.29 is 8.42 Å². The first-order valence-electron chi connectivity index (χ1n) is 4.61. The summed E-state index contributed by atoms with van der Waals surface area (Å²) in [6.07, 6.45) is 3.10. The van der Waals surface area contributed by atoms with E-state index in [2.05, 4.69) is 15.0 Å². The van der Waals surface area contributed by atoms with Gasteiger partial charge >= 0.3 is 0 Å². The molecule has 0 radical (unpaired) electrons. The van der Waals surface area contributed by atoms with Gasteiger partial charge in [0, 0.05) is 24.3 Å². The van der Waals surface area contributed by atoms with Crippen molar-refractivity contribution >= 4 is 32.5 Å². The molecule has 2 aromatic rings. The molecular formula is C9H10ClN3O2S. The number of aromatic nitrogens is 3. The zero-order valence-electron chi connectivity index (χ0n) is 8.57. The Labute approximate surface area is 97.8 Å². The maximum Gasteiger partial charge on any atom is 0.195 e. The largest absolute Gasteiger partial charge is 0.344 e. The number of fused-ring (bicyclic) bond motifs is 1. The summed E-state index contributed by atoms with van der Waals surface area (Å²) in [5.74, 6) is 0.399. The van der Waals surface area contributed by atoms with Gasteiger partial charge in [0.25, 0.3) is 0 Å². The number of aromatic amines is 1. The molecule has 0 saturated heterocycles. The highest BCUT2D eigenvalue weighted by Crippen LogP contribution is 2.19. The van der Waals surface area contributed by atoms with E-state index < -0.39 is 9.84 Å². The van der Waals surface area contributed by atoms with Gasteiger partial charge in [0.2, 0.25) is 0 Å². The highest BCUT2D eigenvalue weighted by Gasteiger charge is 2.17. The predicted octanol–water partition coefficient (Wildman–Crippen LogP) is 1.14. The first kappa shape index (κ1) is 11.3. The van der Waals surface area contributed by atoms with Crippen molar-refractivity contribution in [2.75, 3.05) is 12.1 Å². The van der Waals surface area contributed by atoms with Crippen LogP contribution < -0.4 is 0 Å². The summed E-state index contributed by atoms with van der Waals surface area (Å²) in [5.41, 5.74) is 1.68. The molecule has 2 aromatic heterocycles. The van der Waals surface area contributed by atoms with Crippen LogP contribution in [0.5, 0.6) is 0 Å². The van der Waals surface area contributed by atoms with Crippen LogP contribution in [0.15, 0.2) is 17.4 Å². The molecule has 16 heavy (non-hydrogen) atoms. The van der Waals surface area contributed by atoms with Gasteiger partial charge < -0.3 is 4.98 Å². The molecule has 0 unspecified atom stereocenters. The Bertz CT molecular complexity index is 621. The number of imidazole rings is 1. The maximum absolute atomic E-state index is 11.6. The fourth-order valence-electron chi connectivity index (χ4n) is 1.45. The lowest BCUT2D eigenvalue weighted by Crippen LogP contribution is -2.05. The number of H-pyrrole nitrogens is 1. The Morgan fingerprint density at radius 1 is 1.50 bits per heavy atom. The quantitative estimate of drug-likeness (QED) is 0.839. The second-order valence-electron chi connectivity index (χ2n) is 3.43. The lowest BCUT2D eigenvalue weighted by Gasteiger charge is -2.02. The molecule has 0 spiro atoms. The molecule has 0 aromatic carbocycles. The summed E-state index contributed by atoms with van der Waals surface area (Å²) >= 11 is 5.61. The van der Waals surface area contributed by atoms with Crippen molar-refractivity contribution in [3.05, 3.63) is 18.1 Å². The SMILES string of the molecule is CS(=O)(=O)c1nc(CCCl)cc2[nH]cnc12. The lowest BCUT2D eigenvalue weighted by atomic mass is 10.3. The monoisotopic (exact) mass is 259 g/mol. The van der Waals surface area contributed by atoms with E-state index in [-0.39, 0.29) is 5.03 Å². The summed E-state index contributed by atoms with van der Waals surface area (Å²) in [6, 6.07) is 1.76. The zero-order valence-corrected chi connectivity index (χ0v) is 10.1. The number of alkyl halides is 1. The van der Waals surface area contributed by atoms with Gasteiger partial charge in [0.1, 0.15) is 5.52 Å². The van der Waals surface area contributed by atoms with Crippen LogP contribution in [0.25, 0.3) is 11.0 Å². The van der Waals surface area contributed by atoms with Crippen LogP contribution in [0.3, 0.4) is 0 Å². The topological polar surface area (TPSA) is 75.7 Å². The highest BCUT2D eigenvalue weighted by molar-refractivity contribution is 7.90. The third-order valence-electron chi connectivity index (χ3n) is 2.13. The number of aryl methyl sites for hydroxylation is 1. The van der Waals surface area contributed by atoms with Crippen molar-refractivity contribution in [3.63, 3.8) is 0 Å². The fourth-order valence-corrected chi connectivity index (χ4v) is 2.44. The Morgan fingerprint density at radius 2 is 2.25 bits per heavy atom. The van der Waals surface area contributed by atoms with Crippen LogP contribution in [0.4, 0.5) is 0 Å². The Kier molecular flexibility index (Phi) is 2.86. The van der Waals surface area contributed by atoms with E-state index in [4.69, 9.17) is 11.6 Å². The molecule has 0 aliphatic heterocycles. The molecule has 0 fully saturated rings. The molecule has 0 atom stereocenters. The van der Waals surface area contributed by atoms with Crippen molar-refractivity contribution in [1.29, 1.82) is 0 Å². The molecule has 0 aliphatic carbocycles. The molecular weight excluding hydrogens is 250 g/mol. The summed E-state index contributed by atoms with van der Waals surface area (Å²) in [6.45, 7) is 0. The van der Waals surface area contributed by atoms with E-state index in [1.807, 2.05) is 0 Å². The number of halogens is 1. The Morgan fingerprint density at radius 3 is 2.88 bits per heavy atom. The van der Waals surface area contributed by atoms with Gasteiger partial charge in [-0.15, -0.1) is 11.6 Å². The zero-order chi connectivity index (χ0) is 11.8. The minimum atomic E-state index is -3.38. The summed E-state index contributed by atoms with van der Waals surface area (Å²) in [4.78, 5) is 10.9. The standard InChI is InChI=1S/C9H10ClN3O2S/c1-16(14,15)9-8-7(11-5-12-8)4-6(13-9)2-3-10/h4-5H,2-3H2,1H3,(H,11,12). The molecule has 1 N–H and O–H groups in total. The minimum Gasteiger partial charge on any atom is -0.344 e. The Balaban J connectivity index is 2.74. The first-order chi connectivity index (χ1) is 7.52. The van der Waals surface area contributed by atoms with Crippen molar-refractivity contribution in [2.24, 2.45) is 0 Å². The minimum absolute atomic E-state index is 0.00590. The van der Waals surface area contributed by atoms with E-state index in [0.717, 1.165) is 6.26 Å². The highest BCUT2D eigenvalue weighted by atomic mass is 35.5. The molecule has 2 rings (SSSR count). The van der Waals surface area contributed by atoms with Gasteiger partial charge in [-0.25, -0.2) is 18.4 Å². The average Bonchev–Trinajstić information content (AvgIpc) is 2.63. The second-order valence-corrected chi connectivity index (χ2v) is 5.74. The van der Waals surface area contributed by atoms with Crippen molar-refractivity contribution in [1.82, 2.24) is 15.0 Å². The van der Waals surface area contributed by atoms with Crippen LogP contribution >= 0.6 is 11.6 Å². The van der Waals surface area contributed by atoms with E-state index in [1.165, 1.54) is 6.33 Å². The van der Waals surface area contributed by atoms with E-state index >= 15 is 0 Å². The third kappa shape index (κ3) is 2.03. The number of hydrogen-bond acceptors (Lipinski definition) is 4. The smallest absolute Gasteiger partial charge is 0.195 e. The van der Waals surface area contributed by atoms with Gasteiger partial charge in [-0.3, -0.25) is 0 Å². The summed E-state index contributed by atoms with van der Waals surface area (Å²) < 4.78 is 23.1. The average molecular weight is 260 g/mol. The number of sulfone groups is 1. The van der Waals surface area contributed by atoms with E-state index in [9.17, 15) is 8.42 Å². The first-order valence-corrected chi connectivity index (χ1v) is 7.04. The third-order valence-corrected chi connectivity index (χ3v) is 3.31. The number of pyridine rings is 1. The predicted molar refractivity (Wildman–Crippen MR) is 61.4 cm³/mol. The van der Waals surface area contributed by atoms with Crippen molar-refractivity contribution in [2.45, 2.75) is 11.4 Å². The van der Waals surface area contributed by atoms with Crippen LogP contribution in [0.2, 0.25) is 0 Å². The number of rotatable bonds is 3. The normalized spacial score (nSPS) is 12.1. The molecule has 0 aliphatic rings. The molecule has 0 amide bonds. The van der Waals surface area contributed by atoms with Gasteiger partial charge in [0.15, 0.2) is 14.9 Å². The van der Waals surface area contributed by atoms with E-state index in [1.54, 1.807) is 6.07 Å². The molecule has 7 heteroatoms. The van der Waals surface area contributed by atoms with Gasteiger partial charge in [0.05, 0.1) is 11.8 Å². The molecule has 86 valence electrons. The lowest BCUT2D eigenvalue weighted by molar-refractivity contribution is 0.598. The van der Waals surface area contributed by atoms with E-state index in [0.29, 0.717) is 29.0 Å². The van der Waals surface area contributed by atoms with Gasteiger partial charge in [-0.1, -0.05) is 0 Å². The molecule has 0 bridgehead atoms. The van der Waals surface area contributed by atoms with Crippen LogP contribution in [-0.4, -0.2) is 35.5 Å². The van der Waals surface area contributed by atoms with Gasteiger partial charge in [-0.05, 0) is 6.07 Å². The molecule has 5 nitrogen and oxygen atoms in total. The molecule has 0 saturated carbocycles. The van der Waals surface area contributed by atoms with Crippen LogP contribution in [-0.2, 0) is 16.3 Å². The number of nitrogens with zero attached hydrogens (tertiary/aromatic N) is 2. The number of hydrogen-bond donors (Lipinski definition) is 1. The summed E-state index contributed by atoms with van der Waals surface area (Å²) in [5, 5.41) is 0.00590. The Hall–Kier alpha value is -1.14. The summed E-state index contributed by atoms with van der Waals surface area (Å²) in [7, 11) is -3.38. The van der Waals surface area contributed by atoms with Crippen molar-refractivity contribution in [3.8, 4) is 0 Å².